The number of hydrogen-bond donors (Lipinski definition) is 2. The van der Waals surface area contributed by atoms with Crippen LogP contribution in [-0.2, 0) is 0 Å². The zero-order valence-electron chi connectivity index (χ0n) is 15.1. The van der Waals surface area contributed by atoms with Gasteiger partial charge in [0.05, 0.1) is 11.3 Å². The number of hydrogen-bond acceptors (Lipinski definition) is 3. The van der Waals surface area contributed by atoms with Gasteiger partial charge in [-0.15, -0.1) is 0 Å². The smallest absolute Gasteiger partial charge is 0.253 e. The Bertz CT molecular complexity index is 847. The van der Waals surface area contributed by atoms with Gasteiger partial charge in [0, 0.05) is 17.8 Å². The van der Waals surface area contributed by atoms with E-state index in [1.54, 1.807) is 18.3 Å². The topological polar surface area (TPSA) is 54.0 Å². The number of pyridine rings is 1. The number of rotatable bonds is 6. The first-order valence-corrected chi connectivity index (χ1v) is 9.98. The highest BCUT2D eigenvalue weighted by Crippen LogP contribution is 2.42. The molecule has 1 aromatic heterocycles. The summed E-state index contributed by atoms with van der Waals surface area (Å²) in [5.74, 6) is 1.03. The van der Waals surface area contributed by atoms with Crippen LogP contribution in [0, 0.1) is 11.7 Å². The molecule has 0 spiro atoms. The summed E-state index contributed by atoms with van der Waals surface area (Å²) in [6.07, 6.45) is 8.66. The maximum atomic E-state index is 14.0. The van der Waals surface area contributed by atoms with Gasteiger partial charge in [-0.05, 0) is 67.3 Å². The minimum Gasteiger partial charge on any atom is -0.352 e. The molecule has 4 nitrogen and oxygen atoms in total. The van der Waals surface area contributed by atoms with Gasteiger partial charge in [-0.1, -0.05) is 24.4 Å². The normalized spacial score (nSPS) is 17.1. The standard InChI is InChI=1S/C21H23ClFN3O/c22-15-7-8-19(18(23)9-15)26-20-10-16(14-5-6-14)17(12-24-20)21(27)25-11-13-3-1-2-4-13/h7-10,12-14H,1-6,11H2,(H,24,26)(H,25,27). The van der Waals surface area contributed by atoms with Crippen LogP contribution in [0.3, 0.4) is 0 Å². The number of nitrogens with one attached hydrogen (secondary N) is 2. The number of halogens is 2. The van der Waals surface area contributed by atoms with Crippen molar-refractivity contribution in [2.45, 2.75) is 44.4 Å². The molecule has 2 aliphatic rings. The third-order valence-corrected chi connectivity index (χ3v) is 5.65. The van der Waals surface area contributed by atoms with Gasteiger partial charge >= 0.3 is 0 Å². The molecule has 0 atom stereocenters. The molecule has 1 heterocycles. The van der Waals surface area contributed by atoms with Crippen LogP contribution < -0.4 is 10.6 Å². The summed E-state index contributed by atoms with van der Waals surface area (Å²) in [6, 6.07) is 6.34. The van der Waals surface area contributed by atoms with Crippen molar-refractivity contribution in [1.82, 2.24) is 10.3 Å². The van der Waals surface area contributed by atoms with E-state index in [1.807, 2.05) is 6.07 Å². The molecule has 2 saturated carbocycles. The number of aromatic nitrogens is 1. The van der Waals surface area contributed by atoms with Gasteiger partial charge in [-0.2, -0.15) is 0 Å². The van der Waals surface area contributed by atoms with Crippen molar-refractivity contribution in [2.24, 2.45) is 5.92 Å². The van der Waals surface area contributed by atoms with Crippen LogP contribution in [0.1, 0.15) is 60.4 Å². The summed E-state index contributed by atoms with van der Waals surface area (Å²) >= 11 is 5.80. The van der Waals surface area contributed by atoms with Crippen LogP contribution in [-0.4, -0.2) is 17.4 Å². The van der Waals surface area contributed by atoms with E-state index in [0.717, 1.165) is 24.9 Å². The molecule has 1 amide bonds. The maximum absolute atomic E-state index is 14.0. The second-order valence-electron chi connectivity index (χ2n) is 7.54. The van der Waals surface area contributed by atoms with E-state index in [2.05, 4.69) is 15.6 Å². The van der Waals surface area contributed by atoms with Crippen molar-refractivity contribution in [1.29, 1.82) is 0 Å². The first-order valence-electron chi connectivity index (χ1n) is 9.60. The summed E-state index contributed by atoms with van der Waals surface area (Å²) in [5.41, 5.74) is 1.94. The highest BCUT2D eigenvalue weighted by atomic mass is 35.5. The number of carbonyl (C=O) groups excluding carboxylic acids is 1. The average Bonchev–Trinajstić information content (AvgIpc) is 3.38. The molecule has 0 aliphatic heterocycles. The molecule has 2 N–H and O–H groups in total. The van der Waals surface area contributed by atoms with E-state index in [1.165, 1.54) is 31.7 Å². The third kappa shape index (κ3) is 4.41. The number of benzene rings is 1. The van der Waals surface area contributed by atoms with Gasteiger partial charge in [-0.3, -0.25) is 4.79 Å². The van der Waals surface area contributed by atoms with Crippen LogP contribution in [0.5, 0.6) is 0 Å². The van der Waals surface area contributed by atoms with Gasteiger partial charge < -0.3 is 10.6 Å². The molecule has 0 unspecified atom stereocenters. The molecule has 0 radical (unpaired) electrons. The molecule has 2 aromatic rings. The minimum absolute atomic E-state index is 0.0551. The van der Waals surface area contributed by atoms with E-state index < -0.39 is 5.82 Å². The van der Waals surface area contributed by atoms with Gasteiger partial charge in [0.15, 0.2) is 0 Å². The van der Waals surface area contributed by atoms with Crippen LogP contribution in [0.2, 0.25) is 5.02 Å². The molecule has 1 aromatic carbocycles. The monoisotopic (exact) mass is 387 g/mol. The molecular weight excluding hydrogens is 365 g/mol. The Morgan fingerprint density at radius 2 is 1.96 bits per heavy atom. The summed E-state index contributed by atoms with van der Waals surface area (Å²) in [4.78, 5) is 17.0. The predicted octanol–water partition coefficient (Wildman–Crippen LogP) is 5.42. The minimum atomic E-state index is -0.435. The van der Waals surface area contributed by atoms with Crippen LogP contribution >= 0.6 is 11.6 Å². The average molecular weight is 388 g/mol. The fourth-order valence-corrected chi connectivity index (χ4v) is 3.90. The van der Waals surface area contributed by atoms with Gasteiger partial charge in [0.25, 0.3) is 5.91 Å². The van der Waals surface area contributed by atoms with E-state index in [0.29, 0.717) is 33.9 Å². The Hall–Kier alpha value is -2.14. The lowest BCUT2D eigenvalue weighted by Gasteiger charge is -2.14. The van der Waals surface area contributed by atoms with E-state index in [-0.39, 0.29) is 5.91 Å². The van der Waals surface area contributed by atoms with Crippen molar-refractivity contribution < 1.29 is 9.18 Å². The number of carbonyl (C=O) groups is 1. The second-order valence-corrected chi connectivity index (χ2v) is 7.98. The highest BCUT2D eigenvalue weighted by Gasteiger charge is 2.29. The van der Waals surface area contributed by atoms with Crippen LogP contribution in [0.4, 0.5) is 15.9 Å². The molecule has 0 saturated heterocycles. The first kappa shape index (κ1) is 18.2. The van der Waals surface area contributed by atoms with Crippen molar-refractivity contribution in [3.8, 4) is 0 Å². The van der Waals surface area contributed by atoms with E-state index in [9.17, 15) is 9.18 Å². The molecule has 6 heteroatoms. The van der Waals surface area contributed by atoms with Crippen LogP contribution in [0.25, 0.3) is 0 Å². The zero-order chi connectivity index (χ0) is 18.8. The Morgan fingerprint density at radius 1 is 1.19 bits per heavy atom. The molecular formula is C21H23ClFN3O. The SMILES string of the molecule is O=C(NCC1CCCC1)c1cnc(Nc2ccc(Cl)cc2F)cc1C1CC1. The van der Waals surface area contributed by atoms with Gasteiger partial charge in [-0.25, -0.2) is 9.37 Å². The zero-order valence-corrected chi connectivity index (χ0v) is 15.9. The lowest BCUT2D eigenvalue weighted by atomic mass is 10.0. The quantitative estimate of drug-likeness (QED) is 0.696. The molecule has 27 heavy (non-hydrogen) atoms. The molecule has 142 valence electrons. The lowest BCUT2D eigenvalue weighted by molar-refractivity contribution is 0.0946. The molecule has 0 bridgehead atoms. The van der Waals surface area contributed by atoms with Gasteiger partial charge in [0.1, 0.15) is 11.6 Å². The van der Waals surface area contributed by atoms with Crippen molar-refractivity contribution in [2.75, 3.05) is 11.9 Å². The lowest BCUT2D eigenvalue weighted by Crippen LogP contribution is -2.29. The molecule has 4 rings (SSSR count). The van der Waals surface area contributed by atoms with Crippen molar-refractivity contribution in [3.63, 3.8) is 0 Å². The fraction of sp³-hybridized carbons (Fsp3) is 0.429. The Labute approximate surface area is 163 Å². The van der Waals surface area contributed by atoms with Crippen LogP contribution in [0.15, 0.2) is 30.5 Å². The summed E-state index contributed by atoms with van der Waals surface area (Å²) in [6.45, 7) is 0.735. The predicted molar refractivity (Wildman–Crippen MR) is 105 cm³/mol. The maximum Gasteiger partial charge on any atom is 0.253 e. The molecule has 2 fully saturated rings. The fourth-order valence-electron chi connectivity index (χ4n) is 3.74. The largest absolute Gasteiger partial charge is 0.352 e. The number of nitrogens with zero attached hydrogens (tertiary/aromatic N) is 1. The summed E-state index contributed by atoms with van der Waals surface area (Å²) in [5, 5.41) is 6.41. The third-order valence-electron chi connectivity index (χ3n) is 5.42. The van der Waals surface area contributed by atoms with E-state index in [4.69, 9.17) is 11.6 Å². The summed E-state index contributed by atoms with van der Waals surface area (Å²) < 4.78 is 14.0. The second kappa shape index (κ2) is 7.85. The van der Waals surface area contributed by atoms with Gasteiger partial charge in [0.2, 0.25) is 0 Å². The Kier molecular flexibility index (Phi) is 5.30. The number of amides is 1. The Balaban J connectivity index is 1.50. The van der Waals surface area contributed by atoms with E-state index >= 15 is 0 Å². The van der Waals surface area contributed by atoms with Crippen molar-refractivity contribution >= 4 is 29.0 Å². The number of anilines is 2. The summed E-state index contributed by atoms with van der Waals surface area (Å²) in [7, 11) is 0. The first-order chi connectivity index (χ1) is 13.1. The van der Waals surface area contributed by atoms with Crippen molar-refractivity contribution in [3.05, 3.63) is 52.4 Å². The highest BCUT2D eigenvalue weighted by molar-refractivity contribution is 6.30. The molecule has 2 aliphatic carbocycles. The Morgan fingerprint density at radius 3 is 2.67 bits per heavy atom.